The molecule has 2 aliphatic heterocycles. The van der Waals surface area contributed by atoms with Gasteiger partial charge < -0.3 is 19.5 Å². The number of hydrogen-bond donors (Lipinski definition) is 1. The number of rotatable bonds is 6. The Labute approximate surface area is 145 Å². The predicted octanol–water partition coefficient (Wildman–Crippen LogP) is 0.700. The minimum absolute atomic E-state index is 0.112. The molecule has 0 spiro atoms. The van der Waals surface area contributed by atoms with E-state index in [1.807, 2.05) is 24.3 Å². The van der Waals surface area contributed by atoms with Crippen molar-refractivity contribution in [2.45, 2.75) is 31.8 Å². The van der Waals surface area contributed by atoms with Gasteiger partial charge in [0.15, 0.2) is 5.69 Å². The van der Waals surface area contributed by atoms with Crippen LogP contribution in [0.2, 0.25) is 0 Å². The summed E-state index contributed by atoms with van der Waals surface area (Å²) in [4.78, 5) is 11.6. The second-order valence-electron chi connectivity index (χ2n) is 6.08. The molecular formula is C17H20N4O4. The molecular weight excluding hydrogens is 324 g/mol. The molecule has 0 radical (unpaired) electrons. The maximum atomic E-state index is 11.6. The van der Waals surface area contributed by atoms with E-state index in [9.17, 15) is 4.79 Å². The Morgan fingerprint density at radius 2 is 2.20 bits per heavy atom. The van der Waals surface area contributed by atoms with Crippen LogP contribution in [0.3, 0.4) is 0 Å². The largest absolute Gasteiger partial charge is 0.461 e. The highest BCUT2D eigenvalue weighted by atomic mass is 16.6. The predicted molar refractivity (Wildman–Crippen MR) is 87.4 cm³/mol. The standard InChI is InChI=1S/C17H20N4O4/c1-2-23-17(22)13-9-21(20-19-13)12-5-3-11(4-6-12)10-24-14-7-18-8-15-16(14)25-15/h3-6,9,14-16,18H,2,7-8,10H2,1H3/t14-,15-,16+/m1/s1. The lowest BCUT2D eigenvalue weighted by molar-refractivity contribution is 0.0211. The molecule has 0 saturated carbocycles. The van der Waals surface area contributed by atoms with Crippen molar-refractivity contribution in [3.8, 4) is 5.69 Å². The fraction of sp³-hybridized carbons (Fsp3) is 0.471. The Morgan fingerprint density at radius 3 is 3.00 bits per heavy atom. The molecule has 132 valence electrons. The molecule has 0 amide bonds. The van der Waals surface area contributed by atoms with E-state index in [2.05, 4.69) is 15.6 Å². The van der Waals surface area contributed by atoms with Crippen LogP contribution in [0.15, 0.2) is 30.5 Å². The van der Waals surface area contributed by atoms with Crippen LogP contribution in [0, 0.1) is 0 Å². The summed E-state index contributed by atoms with van der Waals surface area (Å²) in [5.74, 6) is -0.472. The zero-order chi connectivity index (χ0) is 17.2. The molecule has 1 aromatic heterocycles. The van der Waals surface area contributed by atoms with Crippen molar-refractivity contribution < 1.29 is 19.0 Å². The van der Waals surface area contributed by atoms with Gasteiger partial charge in [0.1, 0.15) is 6.10 Å². The zero-order valence-electron chi connectivity index (χ0n) is 13.9. The van der Waals surface area contributed by atoms with Gasteiger partial charge in [-0.1, -0.05) is 17.3 Å². The summed E-state index contributed by atoms with van der Waals surface area (Å²) in [6.45, 7) is 4.34. The van der Waals surface area contributed by atoms with Crippen LogP contribution >= 0.6 is 0 Å². The number of nitrogens with zero attached hydrogens (tertiary/aromatic N) is 3. The van der Waals surface area contributed by atoms with E-state index in [-0.39, 0.29) is 17.9 Å². The second kappa shape index (κ2) is 6.91. The highest BCUT2D eigenvalue weighted by Gasteiger charge is 2.48. The first-order chi connectivity index (χ1) is 12.2. The number of ether oxygens (including phenoxy) is 3. The Morgan fingerprint density at radius 1 is 1.36 bits per heavy atom. The van der Waals surface area contributed by atoms with Gasteiger partial charge in [-0.25, -0.2) is 9.48 Å². The van der Waals surface area contributed by atoms with Crippen LogP contribution in [0.4, 0.5) is 0 Å². The summed E-state index contributed by atoms with van der Waals surface area (Å²) < 4.78 is 18.0. The molecule has 0 unspecified atom stereocenters. The summed E-state index contributed by atoms with van der Waals surface area (Å²) in [6.07, 6.45) is 2.24. The number of benzene rings is 1. The first kappa shape index (κ1) is 16.2. The summed E-state index contributed by atoms with van der Waals surface area (Å²) in [5.41, 5.74) is 2.08. The highest BCUT2D eigenvalue weighted by molar-refractivity contribution is 5.86. The maximum Gasteiger partial charge on any atom is 0.360 e. The van der Waals surface area contributed by atoms with Crippen molar-refractivity contribution in [3.05, 3.63) is 41.7 Å². The molecule has 1 aromatic carbocycles. The molecule has 3 atom stereocenters. The fourth-order valence-corrected chi connectivity index (χ4v) is 2.92. The van der Waals surface area contributed by atoms with Crippen LogP contribution < -0.4 is 5.32 Å². The van der Waals surface area contributed by atoms with Crippen LogP contribution in [0.1, 0.15) is 23.0 Å². The molecule has 4 rings (SSSR count). The number of nitrogens with one attached hydrogen (secondary N) is 1. The van der Waals surface area contributed by atoms with E-state index in [1.165, 1.54) is 0 Å². The number of esters is 1. The number of aromatic nitrogens is 3. The minimum Gasteiger partial charge on any atom is -0.461 e. The summed E-state index contributed by atoms with van der Waals surface area (Å²) >= 11 is 0. The number of fused-ring (bicyclic) bond motifs is 1. The zero-order valence-corrected chi connectivity index (χ0v) is 13.9. The molecule has 2 aliphatic rings. The third-order valence-electron chi connectivity index (χ3n) is 4.32. The lowest BCUT2D eigenvalue weighted by Crippen LogP contribution is -2.41. The van der Waals surface area contributed by atoms with E-state index in [4.69, 9.17) is 14.2 Å². The first-order valence-electron chi connectivity index (χ1n) is 8.41. The molecule has 2 fully saturated rings. The van der Waals surface area contributed by atoms with E-state index in [0.717, 1.165) is 24.3 Å². The number of epoxide rings is 1. The van der Waals surface area contributed by atoms with Crippen LogP contribution in [0.5, 0.6) is 0 Å². The lowest BCUT2D eigenvalue weighted by Gasteiger charge is -2.20. The molecule has 8 nitrogen and oxygen atoms in total. The first-order valence-corrected chi connectivity index (χ1v) is 8.41. The summed E-state index contributed by atoms with van der Waals surface area (Å²) in [6, 6.07) is 7.78. The third kappa shape index (κ3) is 3.55. The van der Waals surface area contributed by atoms with Crippen molar-refractivity contribution >= 4 is 5.97 Å². The minimum atomic E-state index is -0.472. The fourth-order valence-electron chi connectivity index (χ4n) is 2.92. The molecule has 2 aromatic rings. The number of piperidine rings is 1. The average molecular weight is 344 g/mol. The van der Waals surface area contributed by atoms with Gasteiger partial charge in [0.05, 0.1) is 37.3 Å². The van der Waals surface area contributed by atoms with Crippen molar-refractivity contribution in [3.63, 3.8) is 0 Å². The smallest absolute Gasteiger partial charge is 0.360 e. The average Bonchev–Trinajstić information content (AvgIpc) is 3.27. The lowest BCUT2D eigenvalue weighted by atomic mass is 10.1. The topological polar surface area (TPSA) is 90.8 Å². The molecule has 3 heterocycles. The Hall–Kier alpha value is -2.29. The van der Waals surface area contributed by atoms with Crippen molar-refractivity contribution in [1.29, 1.82) is 0 Å². The molecule has 2 saturated heterocycles. The van der Waals surface area contributed by atoms with Gasteiger partial charge in [0, 0.05) is 13.1 Å². The molecule has 0 bridgehead atoms. The van der Waals surface area contributed by atoms with Crippen molar-refractivity contribution in [1.82, 2.24) is 20.3 Å². The number of carbonyl (C=O) groups is 1. The quantitative estimate of drug-likeness (QED) is 0.609. The van der Waals surface area contributed by atoms with E-state index >= 15 is 0 Å². The summed E-state index contributed by atoms with van der Waals surface area (Å²) in [5, 5.41) is 11.1. The Kier molecular flexibility index (Phi) is 4.48. The second-order valence-corrected chi connectivity index (χ2v) is 6.08. The van der Waals surface area contributed by atoms with Gasteiger partial charge in [-0.05, 0) is 24.6 Å². The molecule has 1 N–H and O–H groups in total. The Balaban J connectivity index is 1.36. The highest BCUT2D eigenvalue weighted by Crippen LogP contribution is 2.29. The van der Waals surface area contributed by atoms with Gasteiger partial charge in [-0.15, -0.1) is 5.10 Å². The third-order valence-corrected chi connectivity index (χ3v) is 4.32. The maximum absolute atomic E-state index is 11.6. The van der Waals surface area contributed by atoms with Gasteiger partial charge in [-0.3, -0.25) is 0 Å². The van der Waals surface area contributed by atoms with Crippen molar-refractivity contribution in [2.24, 2.45) is 0 Å². The SMILES string of the molecule is CCOC(=O)c1cn(-c2ccc(CO[C@@H]3CNC[C@H]4O[C@@H]34)cc2)nn1. The monoisotopic (exact) mass is 344 g/mol. The molecule has 8 heteroatoms. The van der Waals surface area contributed by atoms with Gasteiger partial charge in [0.2, 0.25) is 0 Å². The summed E-state index contributed by atoms with van der Waals surface area (Å²) in [7, 11) is 0. The van der Waals surface area contributed by atoms with Crippen LogP contribution in [-0.4, -0.2) is 59.0 Å². The molecule has 25 heavy (non-hydrogen) atoms. The van der Waals surface area contributed by atoms with Crippen LogP contribution in [-0.2, 0) is 20.8 Å². The van der Waals surface area contributed by atoms with Crippen molar-refractivity contribution in [2.75, 3.05) is 19.7 Å². The van der Waals surface area contributed by atoms with Gasteiger partial charge >= 0.3 is 5.97 Å². The van der Waals surface area contributed by atoms with E-state index in [0.29, 0.717) is 19.3 Å². The van der Waals surface area contributed by atoms with E-state index in [1.54, 1.807) is 17.8 Å². The van der Waals surface area contributed by atoms with Gasteiger partial charge in [-0.2, -0.15) is 0 Å². The van der Waals surface area contributed by atoms with E-state index < -0.39 is 5.97 Å². The normalized spacial score (nSPS) is 24.6. The molecule has 0 aliphatic carbocycles. The van der Waals surface area contributed by atoms with Gasteiger partial charge in [0.25, 0.3) is 0 Å². The number of hydrogen-bond acceptors (Lipinski definition) is 7. The van der Waals surface area contributed by atoms with Crippen LogP contribution in [0.25, 0.3) is 5.69 Å². The number of carbonyl (C=O) groups excluding carboxylic acids is 1. The Bertz CT molecular complexity index is 745.